The van der Waals surface area contributed by atoms with Crippen LogP contribution >= 0.6 is 11.8 Å². The van der Waals surface area contributed by atoms with Gasteiger partial charge in [0.2, 0.25) is 5.91 Å². The Balaban J connectivity index is 2.13. The van der Waals surface area contributed by atoms with Gasteiger partial charge in [0.25, 0.3) is 0 Å². The third kappa shape index (κ3) is 7.74. The van der Waals surface area contributed by atoms with Crippen molar-refractivity contribution in [2.24, 2.45) is 5.92 Å². The Bertz CT molecular complexity index is 387. The van der Waals surface area contributed by atoms with Crippen LogP contribution in [0.5, 0.6) is 0 Å². The zero-order chi connectivity index (χ0) is 14.1. The molecule has 0 radical (unpaired) electrons. The first-order chi connectivity index (χ1) is 9.08. The summed E-state index contributed by atoms with van der Waals surface area (Å²) in [7, 11) is 0. The molecule has 4 nitrogen and oxygen atoms in total. The first-order valence-electron chi connectivity index (χ1n) is 6.34. The predicted molar refractivity (Wildman–Crippen MR) is 77.6 cm³/mol. The SMILES string of the molecule is CC(O)CC(C)CNC(=O)C=CSCc1ccco1. The van der Waals surface area contributed by atoms with E-state index < -0.39 is 0 Å². The predicted octanol–water partition coefficient (Wildman–Crippen LogP) is 2.55. The molecule has 0 bridgehead atoms. The number of furan rings is 1. The summed E-state index contributed by atoms with van der Waals surface area (Å²) in [6.07, 6.45) is 3.52. The van der Waals surface area contributed by atoms with Crippen LogP contribution in [0.4, 0.5) is 0 Å². The summed E-state index contributed by atoms with van der Waals surface area (Å²) in [5, 5.41) is 13.8. The molecule has 5 heteroatoms. The van der Waals surface area contributed by atoms with Crippen molar-refractivity contribution in [2.45, 2.75) is 32.1 Å². The minimum atomic E-state index is -0.328. The van der Waals surface area contributed by atoms with Crippen LogP contribution in [-0.2, 0) is 10.5 Å². The molecule has 0 aliphatic heterocycles. The molecule has 2 N–H and O–H groups in total. The Morgan fingerprint density at radius 1 is 1.58 bits per heavy atom. The van der Waals surface area contributed by atoms with Crippen LogP contribution in [0.15, 0.2) is 34.3 Å². The first-order valence-corrected chi connectivity index (χ1v) is 7.39. The largest absolute Gasteiger partial charge is 0.468 e. The Morgan fingerprint density at radius 3 is 3.00 bits per heavy atom. The molecule has 0 aliphatic carbocycles. The molecule has 2 unspecified atom stereocenters. The number of aliphatic hydroxyl groups is 1. The zero-order valence-electron chi connectivity index (χ0n) is 11.3. The van der Waals surface area contributed by atoms with Gasteiger partial charge in [-0.25, -0.2) is 0 Å². The standard InChI is InChI=1S/C14H21NO3S/c1-11(8-12(2)16)9-15-14(17)5-7-19-10-13-4-3-6-18-13/h3-7,11-12,16H,8-10H2,1-2H3,(H,15,17). The summed E-state index contributed by atoms with van der Waals surface area (Å²) in [5.74, 6) is 1.77. The second-order valence-electron chi connectivity index (χ2n) is 4.63. The molecule has 106 valence electrons. The van der Waals surface area contributed by atoms with E-state index in [1.807, 2.05) is 19.1 Å². The van der Waals surface area contributed by atoms with Gasteiger partial charge in [-0.1, -0.05) is 6.92 Å². The minimum absolute atomic E-state index is 0.107. The quantitative estimate of drug-likeness (QED) is 0.720. The van der Waals surface area contributed by atoms with Crippen LogP contribution in [0.3, 0.4) is 0 Å². The first kappa shape index (κ1) is 15.9. The van der Waals surface area contributed by atoms with Crippen LogP contribution in [0.25, 0.3) is 0 Å². The number of carbonyl (C=O) groups is 1. The Kier molecular flexibility index (Phi) is 7.36. The number of hydrogen-bond donors (Lipinski definition) is 2. The lowest BCUT2D eigenvalue weighted by molar-refractivity contribution is -0.116. The van der Waals surface area contributed by atoms with Crippen molar-refractivity contribution < 1.29 is 14.3 Å². The molecule has 0 fully saturated rings. The van der Waals surface area contributed by atoms with Crippen LogP contribution in [0.1, 0.15) is 26.0 Å². The van der Waals surface area contributed by atoms with E-state index in [9.17, 15) is 9.90 Å². The highest BCUT2D eigenvalue weighted by Crippen LogP contribution is 2.13. The van der Waals surface area contributed by atoms with Crippen molar-refractivity contribution in [1.82, 2.24) is 5.32 Å². The summed E-state index contributed by atoms with van der Waals surface area (Å²) in [5.41, 5.74) is 0. The van der Waals surface area contributed by atoms with Gasteiger partial charge in [-0.05, 0) is 36.8 Å². The number of hydrogen-bond acceptors (Lipinski definition) is 4. The van der Waals surface area contributed by atoms with E-state index >= 15 is 0 Å². The lowest BCUT2D eigenvalue weighted by Gasteiger charge is -2.13. The average Bonchev–Trinajstić information content (AvgIpc) is 2.84. The topological polar surface area (TPSA) is 62.5 Å². The summed E-state index contributed by atoms with van der Waals surface area (Å²) in [4.78, 5) is 11.5. The van der Waals surface area contributed by atoms with Gasteiger partial charge < -0.3 is 14.8 Å². The minimum Gasteiger partial charge on any atom is -0.468 e. The fourth-order valence-corrected chi connectivity index (χ4v) is 2.28. The molecule has 2 atom stereocenters. The average molecular weight is 283 g/mol. The van der Waals surface area contributed by atoms with Crippen molar-refractivity contribution in [3.8, 4) is 0 Å². The summed E-state index contributed by atoms with van der Waals surface area (Å²) in [6.45, 7) is 4.34. The van der Waals surface area contributed by atoms with E-state index in [0.29, 0.717) is 13.0 Å². The fourth-order valence-electron chi connectivity index (χ4n) is 1.63. The van der Waals surface area contributed by atoms with Crippen molar-refractivity contribution >= 4 is 17.7 Å². The van der Waals surface area contributed by atoms with Crippen molar-refractivity contribution in [3.05, 3.63) is 35.6 Å². The van der Waals surface area contributed by atoms with E-state index in [-0.39, 0.29) is 17.9 Å². The second-order valence-corrected chi connectivity index (χ2v) is 5.52. The molecule has 0 saturated carbocycles. The van der Waals surface area contributed by atoms with E-state index in [0.717, 1.165) is 11.5 Å². The Hall–Kier alpha value is -1.20. The number of nitrogens with one attached hydrogen (secondary N) is 1. The van der Waals surface area contributed by atoms with Crippen LogP contribution in [-0.4, -0.2) is 23.7 Å². The third-order valence-electron chi connectivity index (χ3n) is 2.49. The maximum absolute atomic E-state index is 11.5. The van der Waals surface area contributed by atoms with Gasteiger partial charge >= 0.3 is 0 Å². The molecule has 0 saturated heterocycles. The van der Waals surface area contributed by atoms with Gasteiger partial charge in [0.1, 0.15) is 5.76 Å². The summed E-state index contributed by atoms with van der Waals surface area (Å²) in [6, 6.07) is 3.74. The second kappa shape index (κ2) is 8.82. The van der Waals surface area contributed by atoms with Gasteiger partial charge in [0, 0.05) is 12.6 Å². The summed E-state index contributed by atoms with van der Waals surface area (Å²) < 4.78 is 5.18. The Labute approximate surface area is 118 Å². The van der Waals surface area contributed by atoms with Gasteiger partial charge in [-0.2, -0.15) is 0 Å². The maximum Gasteiger partial charge on any atom is 0.244 e. The van der Waals surface area contributed by atoms with Crippen molar-refractivity contribution in [3.63, 3.8) is 0 Å². The number of aliphatic hydroxyl groups excluding tert-OH is 1. The van der Waals surface area contributed by atoms with Crippen LogP contribution in [0.2, 0.25) is 0 Å². The van der Waals surface area contributed by atoms with E-state index in [1.165, 1.54) is 17.8 Å². The zero-order valence-corrected chi connectivity index (χ0v) is 12.2. The lowest BCUT2D eigenvalue weighted by atomic mass is 10.1. The molecule has 1 amide bonds. The molecular weight excluding hydrogens is 262 g/mol. The fraction of sp³-hybridized carbons (Fsp3) is 0.500. The number of carbonyl (C=O) groups excluding carboxylic acids is 1. The van der Waals surface area contributed by atoms with Gasteiger partial charge in [-0.15, -0.1) is 11.8 Å². The highest BCUT2D eigenvalue weighted by atomic mass is 32.2. The molecule has 0 aliphatic rings. The number of rotatable bonds is 8. The smallest absolute Gasteiger partial charge is 0.244 e. The molecule has 0 spiro atoms. The molecule has 0 aromatic carbocycles. The van der Waals surface area contributed by atoms with E-state index in [4.69, 9.17) is 4.42 Å². The highest BCUT2D eigenvalue weighted by Gasteiger charge is 2.06. The van der Waals surface area contributed by atoms with E-state index in [1.54, 1.807) is 18.6 Å². The molecule has 1 heterocycles. The molecule has 1 rings (SSSR count). The van der Waals surface area contributed by atoms with Crippen molar-refractivity contribution in [2.75, 3.05) is 6.54 Å². The third-order valence-corrected chi connectivity index (χ3v) is 3.27. The number of thioether (sulfide) groups is 1. The van der Waals surface area contributed by atoms with E-state index in [2.05, 4.69) is 5.32 Å². The molecule has 1 aromatic heterocycles. The molecule has 1 aromatic rings. The maximum atomic E-state index is 11.5. The highest BCUT2D eigenvalue weighted by molar-refractivity contribution is 8.01. The van der Waals surface area contributed by atoms with Gasteiger partial charge in [0.05, 0.1) is 18.1 Å². The van der Waals surface area contributed by atoms with Gasteiger partial charge in [-0.3, -0.25) is 4.79 Å². The normalized spacial score (nSPS) is 14.5. The molecule has 19 heavy (non-hydrogen) atoms. The Morgan fingerprint density at radius 2 is 2.37 bits per heavy atom. The van der Waals surface area contributed by atoms with Crippen LogP contribution in [0, 0.1) is 5.92 Å². The van der Waals surface area contributed by atoms with Crippen LogP contribution < -0.4 is 5.32 Å². The van der Waals surface area contributed by atoms with Gasteiger partial charge in [0.15, 0.2) is 0 Å². The summed E-state index contributed by atoms with van der Waals surface area (Å²) >= 11 is 1.51. The lowest BCUT2D eigenvalue weighted by Crippen LogP contribution is -2.27. The monoisotopic (exact) mass is 283 g/mol. The molecular formula is C14H21NO3S. The van der Waals surface area contributed by atoms with Crippen molar-refractivity contribution in [1.29, 1.82) is 0 Å². The number of amides is 1.